The van der Waals surface area contributed by atoms with Gasteiger partial charge in [0, 0.05) is 0 Å². The molecular weight excluding hydrogens is 160 g/mol. The van der Waals surface area contributed by atoms with Crippen molar-refractivity contribution in [3.8, 4) is 0 Å². The van der Waals surface area contributed by atoms with Gasteiger partial charge in [-0.25, -0.2) is 0 Å². The first-order valence-corrected chi connectivity index (χ1v) is 4.72. The fourth-order valence-corrected chi connectivity index (χ4v) is 1.55. The molecule has 68 valence electrons. The van der Waals surface area contributed by atoms with E-state index in [2.05, 4.69) is 30.8 Å². The highest BCUT2D eigenvalue weighted by Crippen LogP contribution is 2.27. The van der Waals surface area contributed by atoms with Crippen LogP contribution in [-0.4, -0.2) is 12.2 Å². The molecule has 0 N–H and O–H groups in total. The first-order chi connectivity index (χ1) is 6.40. The maximum atomic E-state index is 5.37. The maximum absolute atomic E-state index is 5.37. The van der Waals surface area contributed by atoms with E-state index in [4.69, 9.17) is 4.74 Å². The van der Waals surface area contributed by atoms with Crippen LogP contribution in [-0.2, 0) is 11.2 Å². The van der Waals surface area contributed by atoms with E-state index in [9.17, 15) is 0 Å². The monoisotopic (exact) mass is 174 g/mol. The average molecular weight is 174 g/mol. The lowest BCUT2D eigenvalue weighted by atomic mass is 10.1. The van der Waals surface area contributed by atoms with Gasteiger partial charge in [0.2, 0.25) is 0 Å². The topological polar surface area (TPSA) is 12.5 Å². The van der Waals surface area contributed by atoms with Crippen molar-refractivity contribution in [1.82, 2.24) is 0 Å². The lowest BCUT2D eigenvalue weighted by molar-refractivity contribution is 0.379. The predicted molar refractivity (Wildman–Crippen MR) is 53.6 cm³/mol. The Balaban J connectivity index is 1.78. The van der Waals surface area contributed by atoms with Crippen molar-refractivity contribution < 1.29 is 4.74 Å². The molecule has 0 aliphatic carbocycles. The molecule has 1 nitrogen and oxygen atoms in total. The zero-order valence-electron chi connectivity index (χ0n) is 7.65. The predicted octanol–water partition coefficient (Wildman–Crippen LogP) is 2.57. The van der Waals surface area contributed by atoms with Crippen molar-refractivity contribution in [3.05, 3.63) is 48.6 Å². The van der Waals surface area contributed by atoms with Crippen LogP contribution in [0, 0.1) is 0 Å². The summed E-state index contributed by atoms with van der Waals surface area (Å²) in [5.74, 6) is 0. The van der Waals surface area contributed by atoms with E-state index in [0.29, 0.717) is 12.2 Å². The fraction of sp³-hybridized carbons (Fsp3) is 0.333. The number of hydrogen-bond acceptors (Lipinski definition) is 1. The van der Waals surface area contributed by atoms with E-state index >= 15 is 0 Å². The molecule has 1 heteroatoms. The molecule has 13 heavy (non-hydrogen) atoms. The van der Waals surface area contributed by atoms with Gasteiger partial charge in [0.05, 0.1) is 6.10 Å². The molecular formula is C12H14O. The van der Waals surface area contributed by atoms with Crippen molar-refractivity contribution in [2.75, 3.05) is 0 Å². The molecule has 1 heterocycles. The van der Waals surface area contributed by atoms with Gasteiger partial charge in [-0.05, 0) is 18.4 Å². The van der Waals surface area contributed by atoms with Gasteiger partial charge < -0.3 is 4.74 Å². The Kier molecular flexibility index (Phi) is 2.46. The van der Waals surface area contributed by atoms with Crippen LogP contribution >= 0.6 is 0 Å². The Hall–Kier alpha value is -1.08. The SMILES string of the molecule is C=C[C@H]1O[C@@H]1CCc1ccccc1. The van der Waals surface area contributed by atoms with Crippen molar-refractivity contribution in [2.45, 2.75) is 25.0 Å². The van der Waals surface area contributed by atoms with Crippen LogP contribution in [0.15, 0.2) is 43.0 Å². The molecule has 1 aliphatic rings. The second-order valence-electron chi connectivity index (χ2n) is 3.40. The molecule has 0 unspecified atom stereocenters. The van der Waals surface area contributed by atoms with Crippen LogP contribution < -0.4 is 0 Å². The fourth-order valence-electron chi connectivity index (χ4n) is 1.55. The molecule has 2 rings (SSSR count). The van der Waals surface area contributed by atoms with Gasteiger partial charge in [0.25, 0.3) is 0 Å². The lowest BCUT2D eigenvalue weighted by Gasteiger charge is -1.96. The third kappa shape index (κ3) is 2.19. The number of rotatable bonds is 4. The highest BCUT2D eigenvalue weighted by atomic mass is 16.6. The largest absolute Gasteiger partial charge is 0.365 e. The summed E-state index contributed by atoms with van der Waals surface area (Å²) in [7, 11) is 0. The molecule has 0 radical (unpaired) electrons. The van der Waals surface area contributed by atoms with E-state index in [0.717, 1.165) is 12.8 Å². The summed E-state index contributed by atoms with van der Waals surface area (Å²) in [4.78, 5) is 0. The Morgan fingerprint density at radius 1 is 1.31 bits per heavy atom. The van der Waals surface area contributed by atoms with E-state index in [-0.39, 0.29) is 0 Å². The van der Waals surface area contributed by atoms with Crippen molar-refractivity contribution in [3.63, 3.8) is 0 Å². The molecule has 0 saturated carbocycles. The van der Waals surface area contributed by atoms with Crippen LogP contribution in [0.5, 0.6) is 0 Å². The molecule has 1 aliphatic heterocycles. The molecule has 1 saturated heterocycles. The zero-order valence-corrected chi connectivity index (χ0v) is 7.65. The van der Waals surface area contributed by atoms with Gasteiger partial charge >= 0.3 is 0 Å². The molecule has 2 atom stereocenters. The first-order valence-electron chi connectivity index (χ1n) is 4.72. The van der Waals surface area contributed by atoms with Crippen molar-refractivity contribution in [2.24, 2.45) is 0 Å². The van der Waals surface area contributed by atoms with Crippen LogP contribution in [0.4, 0.5) is 0 Å². The molecule has 1 aromatic rings. The maximum Gasteiger partial charge on any atom is 0.102 e. The van der Waals surface area contributed by atoms with Gasteiger partial charge in [-0.15, -0.1) is 6.58 Å². The summed E-state index contributed by atoms with van der Waals surface area (Å²) in [6, 6.07) is 10.5. The number of benzene rings is 1. The molecule has 0 spiro atoms. The Morgan fingerprint density at radius 2 is 2.08 bits per heavy atom. The third-order valence-electron chi connectivity index (χ3n) is 2.41. The van der Waals surface area contributed by atoms with Gasteiger partial charge in [-0.1, -0.05) is 36.4 Å². The Morgan fingerprint density at radius 3 is 2.69 bits per heavy atom. The zero-order chi connectivity index (χ0) is 9.10. The van der Waals surface area contributed by atoms with Crippen LogP contribution in [0.25, 0.3) is 0 Å². The van der Waals surface area contributed by atoms with Gasteiger partial charge in [0.1, 0.15) is 6.10 Å². The number of epoxide rings is 1. The van der Waals surface area contributed by atoms with Crippen LogP contribution in [0.3, 0.4) is 0 Å². The van der Waals surface area contributed by atoms with E-state index < -0.39 is 0 Å². The number of hydrogen-bond donors (Lipinski definition) is 0. The van der Waals surface area contributed by atoms with Gasteiger partial charge in [-0.2, -0.15) is 0 Å². The standard InChI is InChI=1S/C12H14O/c1-2-11-12(13-11)9-8-10-6-4-3-5-7-10/h2-7,11-12H,1,8-9H2/t11-,12-/m1/s1. The molecule has 0 amide bonds. The summed E-state index contributed by atoms with van der Waals surface area (Å²) in [6.07, 6.45) is 4.85. The number of aryl methyl sites for hydroxylation is 1. The minimum Gasteiger partial charge on any atom is -0.365 e. The van der Waals surface area contributed by atoms with E-state index in [1.807, 2.05) is 12.1 Å². The second-order valence-corrected chi connectivity index (χ2v) is 3.40. The molecule has 1 aromatic carbocycles. The summed E-state index contributed by atoms with van der Waals surface area (Å²) in [5.41, 5.74) is 1.39. The normalized spacial score (nSPS) is 25.5. The van der Waals surface area contributed by atoms with E-state index in [1.165, 1.54) is 5.56 Å². The summed E-state index contributed by atoms with van der Waals surface area (Å²) < 4.78 is 5.37. The quantitative estimate of drug-likeness (QED) is 0.505. The van der Waals surface area contributed by atoms with Crippen LogP contribution in [0.1, 0.15) is 12.0 Å². The molecule has 0 aromatic heterocycles. The smallest absolute Gasteiger partial charge is 0.102 e. The summed E-state index contributed by atoms with van der Waals surface area (Å²) in [6.45, 7) is 3.70. The summed E-state index contributed by atoms with van der Waals surface area (Å²) in [5, 5.41) is 0. The Bertz CT molecular complexity index is 278. The van der Waals surface area contributed by atoms with Crippen molar-refractivity contribution >= 4 is 0 Å². The summed E-state index contributed by atoms with van der Waals surface area (Å²) >= 11 is 0. The molecule has 0 bridgehead atoms. The highest BCUT2D eigenvalue weighted by molar-refractivity contribution is 5.15. The number of ether oxygens (including phenoxy) is 1. The van der Waals surface area contributed by atoms with Crippen LogP contribution in [0.2, 0.25) is 0 Å². The van der Waals surface area contributed by atoms with Gasteiger partial charge in [0.15, 0.2) is 0 Å². The lowest BCUT2D eigenvalue weighted by Crippen LogP contribution is -1.93. The van der Waals surface area contributed by atoms with Crippen molar-refractivity contribution in [1.29, 1.82) is 0 Å². The highest BCUT2D eigenvalue weighted by Gasteiger charge is 2.34. The Labute approximate surface area is 79.0 Å². The van der Waals surface area contributed by atoms with E-state index in [1.54, 1.807) is 0 Å². The minimum absolute atomic E-state index is 0.323. The minimum atomic E-state index is 0.323. The first kappa shape index (κ1) is 8.52. The van der Waals surface area contributed by atoms with Gasteiger partial charge in [-0.3, -0.25) is 0 Å². The second kappa shape index (κ2) is 3.75. The molecule has 1 fully saturated rings. The third-order valence-corrected chi connectivity index (χ3v) is 2.41. The average Bonchev–Trinajstić information content (AvgIpc) is 2.95.